The largest absolute Gasteiger partial charge is 0.361 e. The Morgan fingerprint density at radius 3 is 2.77 bits per heavy atom. The molecule has 2 fully saturated rings. The second-order valence-electron chi connectivity index (χ2n) is 7.56. The van der Waals surface area contributed by atoms with Gasteiger partial charge < -0.3 is 14.7 Å². The molecule has 140 valence electrons. The average Bonchev–Trinajstić information content (AvgIpc) is 3.16. The summed E-state index contributed by atoms with van der Waals surface area (Å²) in [5, 5.41) is 12.5. The fourth-order valence-corrected chi connectivity index (χ4v) is 4.32. The molecule has 7 nitrogen and oxygen atoms in total. The number of nitrogens with one attached hydrogen (secondary N) is 1. The summed E-state index contributed by atoms with van der Waals surface area (Å²) in [4.78, 5) is 14.8. The number of nitrogens with zero attached hydrogens (tertiary/aromatic N) is 4. The van der Waals surface area contributed by atoms with Gasteiger partial charge in [0.1, 0.15) is 22.3 Å². The van der Waals surface area contributed by atoms with E-state index in [9.17, 15) is 4.79 Å². The lowest BCUT2D eigenvalue weighted by atomic mass is 9.71. The van der Waals surface area contributed by atoms with E-state index in [0.717, 1.165) is 50.2 Å². The van der Waals surface area contributed by atoms with Crippen molar-refractivity contribution in [3.63, 3.8) is 0 Å². The van der Waals surface area contributed by atoms with Crippen LogP contribution in [0.3, 0.4) is 0 Å². The van der Waals surface area contributed by atoms with Gasteiger partial charge in [0.05, 0.1) is 6.54 Å². The van der Waals surface area contributed by atoms with E-state index in [0.29, 0.717) is 29.5 Å². The zero-order valence-electron chi connectivity index (χ0n) is 15.2. The molecule has 2 aromatic heterocycles. The molecule has 8 heteroatoms. The zero-order chi connectivity index (χ0) is 18.3. The molecule has 0 radical (unpaired) electrons. The summed E-state index contributed by atoms with van der Waals surface area (Å²) in [5.41, 5.74) is 2.35. The highest BCUT2D eigenvalue weighted by atomic mass is 35.5. The van der Waals surface area contributed by atoms with E-state index in [1.54, 1.807) is 11.7 Å². The Bertz CT molecular complexity index is 822. The van der Waals surface area contributed by atoms with Crippen LogP contribution < -0.4 is 5.32 Å². The molecule has 2 aliphatic heterocycles. The van der Waals surface area contributed by atoms with Gasteiger partial charge in [-0.2, -0.15) is 5.10 Å². The third kappa shape index (κ3) is 3.14. The van der Waals surface area contributed by atoms with Crippen molar-refractivity contribution in [2.75, 3.05) is 19.6 Å². The van der Waals surface area contributed by atoms with E-state index in [1.165, 1.54) is 0 Å². The normalized spacial score (nSPS) is 20.1. The number of rotatable bonds is 3. The van der Waals surface area contributed by atoms with Crippen LogP contribution in [0, 0.1) is 12.3 Å². The van der Waals surface area contributed by atoms with E-state index >= 15 is 0 Å². The van der Waals surface area contributed by atoms with Gasteiger partial charge in [-0.1, -0.05) is 16.8 Å². The van der Waals surface area contributed by atoms with E-state index in [4.69, 9.17) is 16.1 Å². The maximum Gasteiger partial charge on any atom is 0.223 e. The number of halogens is 1. The summed E-state index contributed by atoms with van der Waals surface area (Å²) >= 11 is 6.48. The molecule has 1 N–H and O–H groups in total. The Balaban J connectivity index is 1.55. The number of carbonyl (C=O) groups is 1. The number of carbonyl (C=O) groups excluding carboxylic acids is 1. The lowest BCUT2D eigenvalue weighted by Gasteiger charge is -2.43. The summed E-state index contributed by atoms with van der Waals surface area (Å²) in [5.74, 6) is 0.926. The van der Waals surface area contributed by atoms with E-state index in [2.05, 4.69) is 15.6 Å². The van der Waals surface area contributed by atoms with Gasteiger partial charge in [-0.3, -0.25) is 9.48 Å². The van der Waals surface area contributed by atoms with Crippen molar-refractivity contribution >= 4 is 17.5 Å². The number of piperidine rings is 2. The van der Waals surface area contributed by atoms with E-state index in [1.807, 2.05) is 17.9 Å². The topological polar surface area (TPSA) is 76.2 Å². The summed E-state index contributed by atoms with van der Waals surface area (Å²) in [6, 6.07) is 1.84. The van der Waals surface area contributed by atoms with Crippen LogP contribution in [-0.4, -0.2) is 45.4 Å². The van der Waals surface area contributed by atoms with Gasteiger partial charge in [0.15, 0.2) is 0 Å². The first-order chi connectivity index (χ1) is 12.5. The Hall–Kier alpha value is -1.86. The van der Waals surface area contributed by atoms with Gasteiger partial charge in [0.25, 0.3) is 0 Å². The number of hydrogen-bond donors (Lipinski definition) is 1. The molecule has 0 unspecified atom stereocenters. The minimum Gasteiger partial charge on any atom is -0.361 e. The molecular weight excluding hydrogens is 354 g/mol. The van der Waals surface area contributed by atoms with E-state index in [-0.39, 0.29) is 11.3 Å². The van der Waals surface area contributed by atoms with Gasteiger partial charge in [0.2, 0.25) is 5.91 Å². The number of aromatic nitrogens is 3. The van der Waals surface area contributed by atoms with Gasteiger partial charge in [-0.25, -0.2) is 0 Å². The fourth-order valence-electron chi connectivity index (χ4n) is 4.13. The molecule has 1 spiro atoms. The smallest absolute Gasteiger partial charge is 0.223 e. The molecule has 4 heterocycles. The van der Waals surface area contributed by atoms with Crippen molar-refractivity contribution in [3.05, 3.63) is 22.5 Å². The van der Waals surface area contributed by atoms with Crippen LogP contribution in [0.15, 0.2) is 10.6 Å². The molecule has 26 heavy (non-hydrogen) atoms. The van der Waals surface area contributed by atoms with Crippen molar-refractivity contribution < 1.29 is 9.32 Å². The monoisotopic (exact) mass is 377 g/mol. The van der Waals surface area contributed by atoms with Crippen molar-refractivity contribution in [2.24, 2.45) is 12.5 Å². The Kier molecular flexibility index (Phi) is 4.52. The molecule has 0 saturated carbocycles. The van der Waals surface area contributed by atoms with Gasteiger partial charge in [-0.15, -0.1) is 0 Å². The van der Waals surface area contributed by atoms with Gasteiger partial charge in [-0.05, 0) is 44.7 Å². The lowest BCUT2D eigenvalue weighted by Crippen LogP contribution is -2.48. The third-order valence-corrected chi connectivity index (χ3v) is 6.22. The Labute approximate surface area is 157 Å². The van der Waals surface area contributed by atoms with Gasteiger partial charge in [0, 0.05) is 31.6 Å². The predicted molar refractivity (Wildman–Crippen MR) is 97.6 cm³/mol. The highest BCUT2D eigenvalue weighted by Gasteiger charge is 2.40. The summed E-state index contributed by atoms with van der Waals surface area (Å²) in [7, 11) is 1.80. The first-order valence-electron chi connectivity index (χ1n) is 9.11. The second-order valence-corrected chi connectivity index (χ2v) is 7.91. The zero-order valence-corrected chi connectivity index (χ0v) is 16.0. The fraction of sp³-hybridized carbons (Fsp3) is 0.611. The third-order valence-electron chi connectivity index (χ3n) is 5.74. The van der Waals surface area contributed by atoms with Crippen LogP contribution in [-0.2, 0) is 18.4 Å². The van der Waals surface area contributed by atoms with E-state index < -0.39 is 0 Å². The first-order valence-corrected chi connectivity index (χ1v) is 9.49. The summed E-state index contributed by atoms with van der Waals surface area (Å²) in [6.07, 6.45) is 3.86. The minimum atomic E-state index is 0.184. The quantitative estimate of drug-likeness (QED) is 0.889. The average molecular weight is 378 g/mol. The first kappa shape index (κ1) is 17.5. The van der Waals surface area contributed by atoms with Crippen LogP contribution in [0.25, 0.3) is 11.4 Å². The molecule has 0 atom stereocenters. The molecule has 1 amide bonds. The molecule has 0 aromatic carbocycles. The number of amides is 1. The number of hydrogen-bond acceptors (Lipinski definition) is 5. The lowest BCUT2D eigenvalue weighted by molar-refractivity contribution is -0.139. The maximum absolute atomic E-state index is 12.8. The molecule has 2 aliphatic rings. The Morgan fingerprint density at radius 1 is 1.35 bits per heavy atom. The maximum atomic E-state index is 12.8. The van der Waals surface area contributed by atoms with Gasteiger partial charge >= 0.3 is 0 Å². The molecular formula is C18H24ClN5O2. The summed E-state index contributed by atoms with van der Waals surface area (Å²) in [6.45, 7) is 5.09. The van der Waals surface area contributed by atoms with Crippen LogP contribution in [0.4, 0.5) is 0 Å². The molecule has 2 saturated heterocycles. The molecule has 0 aliphatic carbocycles. The second kappa shape index (κ2) is 6.70. The number of likely N-dealkylation sites (tertiary alicyclic amines) is 1. The highest BCUT2D eigenvalue weighted by Crippen LogP contribution is 2.41. The molecule has 2 aromatic rings. The standard InChI is InChI=1S/C18H24ClN5O2/c1-12-9-14(22-26-12)16-13(17(19)23(2)21-16)11-24-8-5-18(10-15(24)25)3-6-20-7-4-18/h9,20H,3-8,10-11H2,1-2H3. The highest BCUT2D eigenvalue weighted by molar-refractivity contribution is 6.30. The molecule has 0 bridgehead atoms. The number of aryl methyl sites for hydroxylation is 2. The van der Waals surface area contributed by atoms with Crippen molar-refractivity contribution in [1.29, 1.82) is 0 Å². The van der Waals surface area contributed by atoms with Crippen LogP contribution in [0.1, 0.15) is 37.0 Å². The SMILES string of the molecule is Cc1cc(-c2nn(C)c(Cl)c2CN2CCC3(CCNCC3)CC2=O)no1. The minimum absolute atomic E-state index is 0.184. The molecule has 4 rings (SSSR count). The van der Waals surface area contributed by atoms with Crippen LogP contribution >= 0.6 is 11.6 Å². The summed E-state index contributed by atoms with van der Waals surface area (Å²) < 4.78 is 6.80. The van der Waals surface area contributed by atoms with Crippen molar-refractivity contribution in [2.45, 2.75) is 39.2 Å². The van der Waals surface area contributed by atoms with Crippen LogP contribution in [0.5, 0.6) is 0 Å². The van der Waals surface area contributed by atoms with Crippen LogP contribution in [0.2, 0.25) is 5.15 Å². The Morgan fingerprint density at radius 2 is 2.12 bits per heavy atom. The van der Waals surface area contributed by atoms with Crippen molar-refractivity contribution in [1.82, 2.24) is 25.2 Å². The predicted octanol–water partition coefficient (Wildman–Crippen LogP) is 2.53. The van der Waals surface area contributed by atoms with Crippen molar-refractivity contribution in [3.8, 4) is 11.4 Å².